The Morgan fingerprint density at radius 3 is 2.42 bits per heavy atom. The highest BCUT2D eigenvalue weighted by atomic mass is 35.5. The molecule has 1 aliphatic carbocycles. The van der Waals surface area contributed by atoms with Crippen LogP contribution in [0.15, 0.2) is 16.5 Å². The Balaban J connectivity index is 2.24. The molecule has 2 nitrogen and oxygen atoms in total. The molecule has 2 atom stereocenters. The van der Waals surface area contributed by atoms with E-state index in [9.17, 15) is 0 Å². The molecule has 0 spiro atoms. The van der Waals surface area contributed by atoms with Crippen LogP contribution in [0.5, 0.6) is 0 Å². The summed E-state index contributed by atoms with van der Waals surface area (Å²) in [5.74, 6) is 1.25. The van der Waals surface area contributed by atoms with E-state index < -0.39 is 0 Å². The molecule has 0 saturated heterocycles. The van der Waals surface area contributed by atoms with Gasteiger partial charge >= 0.3 is 0 Å². The van der Waals surface area contributed by atoms with Crippen LogP contribution in [0.1, 0.15) is 25.5 Å². The van der Waals surface area contributed by atoms with Crippen molar-refractivity contribution in [1.82, 2.24) is 0 Å². The van der Waals surface area contributed by atoms with Crippen molar-refractivity contribution in [2.45, 2.75) is 25.8 Å². The number of nitrogens with two attached hydrogens (primary N) is 1. The molecule has 0 aliphatic heterocycles. The third-order valence-electron chi connectivity index (χ3n) is 2.81. The molecule has 1 saturated carbocycles. The second-order valence-corrected chi connectivity index (χ2v) is 4.34. The fourth-order valence-corrected chi connectivity index (χ4v) is 1.87. The SMILES string of the molecule is CC1(C)[C@H](N)[C@H]1c1ccc(Cl)o1. The molecule has 0 bridgehead atoms. The van der Waals surface area contributed by atoms with Crippen LogP contribution in [0.3, 0.4) is 0 Å². The second kappa shape index (κ2) is 2.27. The summed E-state index contributed by atoms with van der Waals surface area (Å²) in [5.41, 5.74) is 6.05. The van der Waals surface area contributed by atoms with Crippen LogP contribution in [0.25, 0.3) is 0 Å². The summed E-state index contributed by atoms with van der Waals surface area (Å²) in [6.07, 6.45) is 0. The van der Waals surface area contributed by atoms with Gasteiger partial charge in [-0.05, 0) is 29.1 Å². The predicted octanol–water partition coefficient (Wildman–Crippen LogP) is 2.38. The molecular weight excluding hydrogens is 174 g/mol. The summed E-state index contributed by atoms with van der Waals surface area (Å²) in [6.45, 7) is 4.28. The standard InChI is InChI=1S/C9H12ClNO/c1-9(2)7(8(9)11)5-3-4-6(10)12-5/h3-4,7-8H,11H2,1-2H3/t7-,8-/m1/s1. The normalized spacial score (nSPS) is 32.0. The van der Waals surface area contributed by atoms with Crippen LogP contribution in [0.2, 0.25) is 5.22 Å². The van der Waals surface area contributed by atoms with E-state index in [-0.39, 0.29) is 11.5 Å². The maximum absolute atomic E-state index is 5.88. The molecule has 0 radical (unpaired) electrons. The minimum atomic E-state index is 0.168. The van der Waals surface area contributed by atoms with Gasteiger partial charge in [0, 0.05) is 12.0 Å². The average molecular weight is 186 g/mol. The average Bonchev–Trinajstić information content (AvgIpc) is 2.38. The monoisotopic (exact) mass is 185 g/mol. The maximum atomic E-state index is 5.88. The summed E-state index contributed by atoms with van der Waals surface area (Å²) in [5, 5.41) is 0.444. The summed E-state index contributed by atoms with van der Waals surface area (Å²) in [7, 11) is 0. The maximum Gasteiger partial charge on any atom is 0.193 e. The number of halogens is 1. The summed E-state index contributed by atoms with van der Waals surface area (Å²) >= 11 is 5.67. The van der Waals surface area contributed by atoms with Gasteiger partial charge in [0.1, 0.15) is 5.76 Å². The van der Waals surface area contributed by atoms with E-state index >= 15 is 0 Å². The topological polar surface area (TPSA) is 39.2 Å². The van der Waals surface area contributed by atoms with E-state index in [2.05, 4.69) is 13.8 Å². The minimum absolute atomic E-state index is 0.168. The molecule has 2 N–H and O–H groups in total. The zero-order valence-corrected chi connectivity index (χ0v) is 7.93. The van der Waals surface area contributed by atoms with Gasteiger partial charge in [-0.25, -0.2) is 0 Å². The van der Waals surface area contributed by atoms with Crippen molar-refractivity contribution in [1.29, 1.82) is 0 Å². The van der Waals surface area contributed by atoms with Crippen molar-refractivity contribution in [3.05, 3.63) is 23.1 Å². The van der Waals surface area contributed by atoms with E-state index in [1.54, 1.807) is 6.07 Å². The molecule has 12 heavy (non-hydrogen) atoms. The zero-order chi connectivity index (χ0) is 8.93. The summed E-state index contributed by atoms with van der Waals surface area (Å²) < 4.78 is 5.30. The van der Waals surface area contributed by atoms with Crippen LogP contribution in [-0.2, 0) is 0 Å². The molecule has 3 heteroatoms. The van der Waals surface area contributed by atoms with Crippen molar-refractivity contribution in [3.63, 3.8) is 0 Å². The van der Waals surface area contributed by atoms with Gasteiger partial charge in [0.15, 0.2) is 5.22 Å². The molecular formula is C9H12ClNO. The molecule has 1 aliphatic rings. The van der Waals surface area contributed by atoms with Crippen molar-refractivity contribution >= 4 is 11.6 Å². The van der Waals surface area contributed by atoms with Crippen molar-refractivity contribution in [3.8, 4) is 0 Å². The lowest BCUT2D eigenvalue weighted by molar-refractivity contribution is 0.483. The van der Waals surface area contributed by atoms with Gasteiger partial charge in [-0.3, -0.25) is 0 Å². The first kappa shape index (κ1) is 8.14. The first-order chi connectivity index (χ1) is 5.53. The van der Waals surface area contributed by atoms with E-state index in [4.69, 9.17) is 21.8 Å². The van der Waals surface area contributed by atoms with Crippen LogP contribution >= 0.6 is 11.6 Å². The highest BCUT2D eigenvalue weighted by molar-refractivity contribution is 6.28. The molecule has 1 fully saturated rings. The first-order valence-corrected chi connectivity index (χ1v) is 4.42. The lowest BCUT2D eigenvalue weighted by Gasteiger charge is -1.97. The Kier molecular flexibility index (Phi) is 1.54. The van der Waals surface area contributed by atoms with E-state index in [1.807, 2.05) is 6.07 Å². The molecule has 1 aromatic heterocycles. The Morgan fingerprint density at radius 2 is 2.08 bits per heavy atom. The Labute approximate surface area is 76.7 Å². The molecule has 2 rings (SSSR count). The van der Waals surface area contributed by atoms with E-state index in [1.165, 1.54) is 0 Å². The predicted molar refractivity (Wildman–Crippen MR) is 48.2 cm³/mol. The zero-order valence-electron chi connectivity index (χ0n) is 7.17. The molecule has 1 aromatic rings. The van der Waals surface area contributed by atoms with Crippen molar-refractivity contribution in [2.24, 2.45) is 11.1 Å². The van der Waals surface area contributed by atoms with Crippen molar-refractivity contribution in [2.75, 3.05) is 0 Å². The number of furan rings is 1. The molecule has 0 aromatic carbocycles. The first-order valence-electron chi connectivity index (χ1n) is 4.04. The fraction of sp³-hybridized carbons (Fsp3) is 0.556. The number of rotatable bonds is 1. The van der Waals surface area contributed by atoms with Gasteiger partial charge in [-0.15, -0.1) is 0 Å². The van der Waals surface area contributed by atoms with Gasteiger partial charge < -0.3 is 10.2 Å². The van der Waals surface area contributed by atoms with Crippen LogP contribution < -0.4 is 5.73 Å². The van der Waals surface area contributed by atoms with Gasteiger partial charge in [-0.1, -0.05) is 13.8 Å². The third kappa shape index (κ3) is 0.985. The molecule has 0 amide bonds. The quantitative estimate of drug-likeness (QED) is 0.730. The largest absolute Gasteiger partial charge is 0.449 e. The smallest absolute Gasteiger partial charge is 0.193 e. The van der Waals surface area contributed by atoms with E-state index in [0.29, 0.717) is 11.1 Å². The highest BCUT2D eigenvalue weighted by Gasteiger charge is 2.57. The van der Waals surface area contributed by atoms with Crippen molar-refractivity contribution < 1.29 is 4.42 Å². The third-order valence-corrected chi connectivity index (χ3v) is 3.01. The van der Waals surface area contributed by atoms with Crippen LogP contribution in [0.4, 0.5) is 0 Å². The summed E-state index contributed by atoms with van der Waals surface area (Å²) in [4.78, 5) is 0. The number of hydrogen-bond donors (Lipinski definition) is 1. The Hall–Kier alpha value is -0.470. The van der Waals surface area contributed by atoms with Crippen LogP contribution in [-0.4, -0.2) is 6.04 Å². The lowest BCUT2D eigenvalue weighted by atomic mass is 10.1. The second-order valence-electron chi connectivity index (χ2n) is 3.97. The number of hydrogen-bond acceptors (Lipinski definition) is 2. The van der Waals surface area contributed by atoms with Gasteiger partial charge in [0.05, 0.1) is 0 Å². The van der Waals surface area contributed by atoms with Crippen LogP contribution in [0, 0.1) is 5.41 Å². The Bertz CT molecular complexity index is 305. The Morgan fingerprint density at radius 1 is 1.50 bits per heavy atom. The molecule has 1 heterocycles. The van der Waals surface area contributed by atoms with Gasteiger partial charge in [0.25, 0.3) is 0 Å². The lowest BCUT2D eigenvalue weighted by Crippen LogP contribution is -2.06. The van der Waals surface area contributed by atoms with Gasteiger partial charge in [-0.2, -0.15) is 0 Å². The van der Waals surface area contributed by atoms with Gasteiger partial charge in [0.2, 0.25) is 0 Å². The molecule has 66 valence electrons. The van der Waals surface area contributed by atoms with E-state index in [0.717, 1.165) is 5.76 Å². The highest BCUT2D eigenvalue weighted by Crippen LogP contribution is 2.57. The minimum Gasteiger partial charge on any atom is -0.449 e. The fourth-order valence-electron chi connectivity index (χ4n) is 1.72. The molecule has 0 unspecified atom stereocenters. The summed E-state index contributed by atoms with van der Waals surface area (Å²) in [6, 6.07) is 3.87.